The number of hydrogen-bond donors (Lipinski definition) is 1. The number of halogens is 1. The standard InChI is InChI=1S/C15H22BrN5/c1-10(2)14-17-8-13(21-9-11(16)6-19-21)12(20-14)7-18-15(3,4)5/h6,8-10,18H,7H2,1-5H3. The average Bonchev–Trinajstić information content (AvgIpc) is 2.81. The van der Waals surface area contributed by atoms with Gasteiger partial charge in [-0.25, -0.2) is 14.6 Å². The zero-order valence-corrected chi connectivity index (χ0v) is 14.8. The number of rotatable bonds is 4. The summed E-state index contributed by atoms with van der Waals surface area (Å²) in [6.45, 7) is 11.3. The largest absolute Gasteiger partial charge is 0.306 e. The number of hydrogen-bond acceptors (Lipinski definition) is 4. The summed E-state index contributed by atoms with van der Waals surface area (Å²) in [4.78, 5) is 9.17. The van der Waals surface area contributed by atoms with Crippen LogP contribution < -0.4 is 5.32 Å². The van der Waals surface area contributed by atoms with Gasteiger partial charge in [-0.3, -0.25) is 0 Å². The van der Waals surface area contributed by atoms with Crippen molar-refractivity contribution in [2.75, 3.05) is 0 Å². The second-order valence-corrected chi connectivity index (χ2v) is 7.34. The fourth-order valence-electron chi connectivity index (χ4n) is 1.81. The molecule has 5 nitrogen and oxygen atoms in total. The van der Waals surface area contributed by atoms with Crippen LogP contribution in [0.3, 0.4) is 0 Å². The molecule has 0 saturated carbocycles. The monoisotopic (exact) mass is 351 g/mol. The third kappa shape index (κ3) is 4.35. The Morgan fingerprint density at radius 1 is 1.29 bits per heavy atom. The van der Waals surface area contributed by atoms with Gasteiger partial charge in [-0.05, 0) is 36.7 Å². The molecule has 0 aliphatic carbocycles. The summed E-state index contributed by atoms with van der Waals surface area (Å²) < 4.78 is 2.73. The van der Waals surface area contributed by atoms with Crippen LogP contribution in [0.25, 0.3) is 5.69 Å². The maximum absolute atomic E-state index is 4.71. The van der Waals surface area contributed by atoms with E-state index in [0.29, 0.717) is 12.5 Å². The first kappa shape index (κ1) is 16.1. The Morgan fingerprint density at radius 2 is 2.00 bits per heavy atom. The van der Waals surface area contributed by atoms with Crippen LogP contribution in [0.5, 0.6) is 0 Å². The minimum Gasteiger partial charge on any atom is -0.306 e. The summed E-state index contributed by atoms with van der Waals surface area (Å²) >= 11 is 3.42. The molecule has 2 rings (SSSR count). The molecule has 0 aliphatic heterocycles. The van der Waals surface area contributed by atoms with E-state index >= 15 is 0 Å². The van der Waals surface area contributed by atoms with Gasteiger partial charge in [0.2, 0.25) is 0 Å². The summed E-state index contributed by atoms with van der Waals surface area (Å²) in [6.07, 6.45) is 5.52. The molecule has 0 aliphatic rings. The molecule has 2 aromatic rings. The lowest BCUT2D eigenvalue weighted by Gasteiger charge is -2.21. The van der Waals surface area contributed by atoms with Gasteiger partial charge in [-0.15, -0.1) is 0 Å². The van der Waals surface area contributed by atoms with E-state index < -0.39 is 0 Å². The van der Waals surface area contributed by atoms with E-state index in [1.165, 1.54) is 0 Å². The highest BCUT2D eigenvalue weighted by Gasteiger charge is 2.15. The molecular formula is C15H22BrN5. The molecule has 0 amide bonds. The second kappa shape index (κ2) is 6.23. The maximum atomic E-state index is 4.71. The van der Waals surface area contributed by atoms with Gasteiger partial charge >= 0.3 is 0 Å². The Kier molecular flexibility index (Phi) is 4.78. The number of nitrogens with one attached hydrogen (secondary N) is 1. The van der Waals surface area contributed by atoms with Crippen molar-refractivity contribution in [1.82, 2.24) is 25.1 Å². The lowest BCUT2D eigenvalue weighted by Crippen LogP contribution is -2.35. The van der Waals surface area contributed by atoms with Crippen LogP contribution in [0.2, 0.25) is 0 Å². The van der Waals surface area contributed by atoms with Crippen molar-refractivity contribution in [3.05, 3.63) is 34.6 Å². The van der Waals surface area contributed by atoms with Crippen LogP contribution in [0, 0.1) is 0 Å². The van der Waals surface area contributed by atoms with E-state index in [1.807, 2.05) is 12.4 Å². The van der Waals surface area contributed by atoms with Crippen molar-refractivity contribution in [2.24, 2.45) is 0 Å². The van der Waals surface area contributed by atoms with Crippen LogP contribution in [0.4, 0.5) is 0 Å². The molecule has 21 heavy (non-hydrogen) atoms. The fraction of sp³-hybridized carbons (Fsp3) is 0.533. The van der Waals surface area contributed by atoms with E-state index in [2.05, 4.69) is 65.9 Å². The molecule has 0 unspecified atom stereocenters. The molecule has 114 valence electrons. The molecule has 1 N–H and O–H groups in total. The van der Waals surface area contributed by atoms with E-state index in [0.717, 1.165) is 21.7 Å². The van der Waals surface area contributed by atoms with Crippen molar-refractivity contribution in [1.29, 1.82) is 0 Å². The van der Waals surface area contributed by atoms with Gasteiger partial charge in [0.1, 0.15) is 11.5 Å². The van der Waals surface area contributed by atoms with Crippen LogP contribution >= 0.6 is 15.9 Å². The normalized spacial score (nSPS) is 12.1. The molecular weight excluding hydrogens is 330 g/mol. The molecule has 0 atom stereocenters. The highest BCUT2D eigenvalue weighted by Crippen LogP contribution is 2.18. The third-order valence-corrected chi connectivity index (χ3v) is 3.37. The highest BCUT2D eigenvalue weighted by molar-refractivity contribution is 9.10. The van der Waals surface area contributed by atoms with Gasteiger partial charge in [0.05, 0.1) is 22.6 Å². The van der Waals surface area contributed by atoms with Gasteiger partial charge in [-0.2, -0.15) is 5.10 Å². The molecule has 0 spiro atoms. The first-order valence-electron chi connectivity index (χ1n) is 7.07. The first-order valence-corrected chi connectivity index (χ1v) is 7.87. The van der Waals surface area contributed by atoms with Gasteiger partial charge < -0.3 is 5.32 Å². The Labute approximate surface area is 134 Å². The molecule has 0 bridgehead atoms. The van der Waals surface area contributed by atoms with Crippen molar-refractivity contribution in [3.63, 3.8) is 0 Å². The molecule has 0 aromatic carbocycles. The van der Waals surface area contributed by atoms with E-state index in [1.54, 1.807) is 10.9 Å². The van der Waals surface area contributed by atoms with Gasteiger partial charge in [0.25, 0.3) is 0 Å². The molecule has 0 radical (unpaired) electrons. The topological polar surface area (TPSA) is 55.6 Å². The van der Waals surface area contributed by atoms with Crippen molar-refractivity contribution in [3.8, 4) is 5.69 Å². The van der Waals surface area contributed by atoms with Crippen LogP contribution in [-0.2, 0) is 6.54 Å². The number of aromatic nitrogens is 4. The third-order valence-electron chi connectivity index (χ3n) is 2.96. The van der Waals surface area contributed by atoms with E-state index in [9.17, 15) is 0 Å². The Bertz CT molecular complexity index is 613. The van der Waals surface area contributed by atoms with Crippen LogP contribution in [0.1, 0.15) is 52.1 Å². The average molecular weight is 352 g/mol. The number of nitrogens with zero attached hydrogens (tertiary/aromatic N) is 4. The fourth-order valence-corrected chi connectivity index (χ4v) is 2.09. The minimum absolute atomic E-state index is 0.0327. The Morgan fingerprint density at radius 3 is 2.52 bits per heavy atom. The predicted octanol–water partition coefficient (Wildman–Crippen LogP) is 3.44. The van der Waals surface area contributed by atoms with Gasteiger partial charge in [0.15, 0.2) is 0 Å². The Balaban J connectivity index is 2.39. The summed E-state index contributed by atoms with van der Waals surface area (Å²) in [7, 11) is 0. The predicted molar refractivity (Wildman–Crippen MR) is 87.5 cm³/mol. The van der Waals surface area contributed by atoms with Crippen molar-refractivity contribution >= 4 is 15.9 Å². The quantitative estimate of drug-likeness (QED) is 0.916. The molecule has 2 aromatic heterocycles. The van der Waals surface area contributed by atoms with Gasteiger partial charge in [0, 0.05) is 24.2 Å². The lowest BCUT2D eigenvalue weighted by molar-refractivity contribution is 0.419. The van der Waals surface area contributed by atoms with Crippen molar-refractivity contribution < 1.29 is 0 Å². The Hall–Kier alpha value is -1.27. The molecule has 2 heterocycles. The summed E-state index contributed by atoms with van der Waals surface area (Å²) in [5, 5.41) is 7.81. The van der Waals surface area contributed by atoms with E-state index in [-0.39, 0.29) is 5.54 Å². The minimum atomic E-state index is 0.0327. The van der Waals surface area contributed by atoms with E-state index in [4.69, 9.17) is 4.98 Å². The van der Waals surface area contributed by atoms with Crippen molar-refractivity contribution in [2.45, 2.75) is 52.6 Å². The van der Waals surface area contributed by atoms with Crippen LogP contribution in [0.15, 0.2) is 23.1 Å². The molecule has 0 saturated heterocycles. The lowest BCUT2D eigenvalue weighted by atomic mass is 10.1. The second-order valence-electron chi connectivity index (χ2n) is 6.42. The smallest absolute Gasteiger partial charge is 0.131 e. The zero-order valence-electron chi connectivity index (χ0n) is 13.2. The molecule has 0 fully saturated rings. The van der Waals surface area contributed by atoms with Gasteiger partial charge in [-0.1, -0.05) is 13.8 Å². The summed E-state index contributed by atoms with van der Waals surface area (Å²) in [5.41, 5.74) is 1.89. The summed E-state index contributed by atoms with van der Waals surface area (Å²) in [5.74, 6) is 1.16. The highest BCUT2D eigenvalue weighted by atomic mass is 79.9. The zero-order chi connectivity index (χ0) is 15.6. The maximum Gasteiger partial charge on any atom is 0.131 e. The molecule has 6 heteroatoms. The first-order chi connectivity index (χ1) is 9.76. The SMILES string of the molecule is CC(C)c1ncc(-n2cc(Br)cn2)c(CNC(C)(C)C)n1. The summed E-state index contributed by atoms with van der Waals surface area (Å²) in [6, 6.07) is 0. The van der Waals surface area contributed by atoms with Crippen LogP contribution in [-0.4, -0.2) is 25.3 Å².